The molecule has 1 N–H and O–H groups in total. The Labute approximate surface area is 158 Å². The van der Waals surface area contributed by atoms with Crippen LogP contribution in [0.5, 0.6) is 0 Å². The van der Waals surface area contributed by atoms with Gasteiger partial charge >= 0.3 is 0 Å². The van der Waals surface area contributed by atoms with Crippen LogP contribution in [0.15, 0.2) is 30.5 Å². The summed E-state index contributed by atoms with van der Waals surface area (Å²) in [7, 11) is 0. The van der Waals surface area contributed by atoms with Gasteiger partial charge in [0.15, 0.2) is 0 Å². The van der Waals surface area contributed by atoms with Crippen molar-refractivity contribution in [2.75, 3.05) is 13.1 Å². The maximum Gasteiger partial charge on any atom is 0.0483 e. The second-order valence-corrected chi connectivity index (χ2v) is 7.28. The van der Waals surface area contributed by atoms with E-state index >= 15 is 0 Å². The first-order valence-corrected chi connectivity index (χ1v) is 9.20. The molecule has 1 aliphatic carbocycles. The lowest BCUT2D eigenvalue weighted by atomic mass is 9.89. The molecule has 2 fully saturated rings. The topological polar surface area (TPSA) is 17.0 Å². The van der Waals surface area contributed by atoms with E-state index < -0.39 is 0 Å². The van der Waals surface area contributed by atoms with Gasteiger partial charge in [-0.05, 0) is 62.2 Å². The zero-order valence-electron chi connectivity index (χ0n) is 14.4. The van der Waals surface area contributed by atoms with Crippen LogP contribution in [-0.2, 0) is 6.54 Å². The van der Waals surface area contributed by atoms with E-state index in [1.165, 1.54) is 75.5 Å². The zero-order chi connectivity index (χ0) is 14.8. The lowest BCUT2D eigenvalue weighted by molar-refractivity contribution is 0.322. The molecule has 2 aliphatic rings. The lowest BCUT2D eigenvalue weighted by Gasteiger charge is -2.23. The molecule has 0 atom stereocenters. The van der Waals surface area contributed by atoms with Crippen molar-refractivity contribution in [1.82, 2.24) is 9.88 Å². The molecule has 134 valence electrons. The largest absolute Gasteiger partial charge is 0.347 e. The molecule has 1 aromatic heterocycles. The van der Waals surface area contributed by atoms with Crippen LogP contribution in [-0.4, -0.2) is 17.7 Å². The molecule has 1 aliphatic heterocycles. The third kappa shape index (κ3) is 4.09. The Morgan fingerprint density at radius 2 is 1.62 bits per heavy atom. The van der Waals surface area contributed by atoms with Crippen molar-refractivity contribution in [1.29, 1.82) is 0 Å². The van der Waals surface area contributed by atoms with E-state index in [-0.39, 0.29) is 24.8 Å². The molecule has 0 radical (unpaired) electrons. The molecule has 2 nitrogen and oxygen atoms in total. The first kappa shape index (κ1) is 19.6. The van der Waals surface area contributed by atoms with Crippen LogP contribution in [0.4, 0.5) is 0 Å². The fraction of sp³-hybridized carbons (Fsp3) is 0.600. The summed E-state index contributed by atoms with van der Waals surface area (Å²) in [6.07, 6.45) is 12.2. The molecule has 1 saturated carbocycles. The maximum atomic E-state index is 3.50. The van der Waals surface area contributed by atoms with Crippen molar-refractivity contribution in [2.24, 2.45) is 5.92 Å². The predicted octanol–water partition coefficient (Wildman–Crippen LogP) is 5.53. The van der Waals surface area contributed by atoms with E-state index in [9.17, 15) is 0 Å². The monoisotopic (exact) mass is 368 g/mol. The number of para-hydroxylation sites is 1. The van der Waals surface area contributed by atoms with E-state index in [0.717, 1.165) is 11.8 Å². The number of halogens is 2. The maximum absolute atomic E-state index is 3.50. The molecule has 0 spiro atoms. The van der Waals surface area contributed by atoms with Crippen LogP contribution in [0.1, 0.15) is 56.4 Å². The van der Waals surface area contributed by atoms with Crippen molar-refractivity contribution in [2.45, 2.75) is 57.4 Å². The Balaban J connectivity index is 0.00000104. The number of hydrogen-bond acceptors (Lipinski definition) is 1. The van der Waals surface area contributed by atoms with Gasteiger partial charge in [-0.25, -0.2) is 0 Å². The summed E-state index contributed by atoms with van der Waals surface area (Å²) >= 11 is 0. The highest BCUT2D eigenvalue weighted by Gasteiger charge is 2.21. The van der Waals surface area contributed by atoms with Gasteiger partial charge in [0.05, 0.1) is 0 Å². The standard InChI is InChI=1S/C20H28N2.2ClH/c1-2-6-16(7-3-1)14-22-15-19(17-10-12-21-13-11-17)18-8-4-5-9-20(18)22;;/h4-5,8-9,15-17,21H,1-3,6-7,10-14H2;2*1H. The van der Waals surface area contributed by atoms with Crippen LogP contribution < -0.4 is 5.32 Å². The Morgan fingerprint density at radius 3 is 2.38 bits per heavy atom. The first-order valence-electron chi connectivity index (χ1n) is 9.20. The summed E-state index contributed by atoms with van der Waals surface area (Å²) in [6, 6.07) is 9.07. The Hall–Kier alpha value is -0.700. The first-order chi connectivity index (χ1) is 10.9. The van der Waals surface area contributed by atoms with Gasteiger partial charge < -0.3 is 9.88 Å². The van der Waals surface area contributed by atoms with Crippen LogP contribution in [0, 0.1) is 5.92 Å². The van der Waals surface area contributed by atoms with E-state index in [4.69, 9.17) is 0 Å². The molecule has 24 heavy (non-hydrogen) atoms. The minimum absolute atomic E-state index is 0. The van der Waals surface area contributed by atoms with Gasteiger partial charge in [-0.1, -0.05) is 37.5 Å². The molecule has 0 bridgehead atoms. The highest BCUT2D eigenvalue weighted by atomic mass is 35.5. The number of aromatic nitrogens is 1. The molecule has 4 heteroatoms. The van der Waals surface area contributed by atoms with E-state index in [1.807, 2.05) is 0 Å². The molecule has 4 rings (SSSR count). The van der Waals surface area contributed by atoms with Crippen molar-refractivity contribution < 1.29 is 0 Å². The molecular weight excluding hydrogens is 339 g/mol. The number of piperidine rings is 1. The highest BCUT2D eigenvalue weighted by molar-refractivity contribution is 5.86. The minimum Gasteiger partial charge on any atom is -0.347 e. The Morgan fingerprint density at radius 1 is 0.917 bits per heavy atom. The second-order valence-electron chi connectivity index (χ2n) is 7.28. The number of fused-ring (bicyclic) bond motifs is 1. The molecule has 0 unspecified atom stereocenters. The summed E-state index contributed by atoms with van der Waals surface area (Å²) in [4.78, 5) is 0. The normalized spacial score (nSPS) is 19.7. The predicted molar refractivity (Wildman–Crippen MR) is 108 cm³/mol. The average molecular weight is 369 g/mol. The van der Waals surface area contributed by atoms with Gasteiger partial charge in [0.1, 0.15) is 0 Å². The number of rotatable bonds is 3. The fourth-order valence-electron chi connectivity index (χ4n) is 4.53. The van der Waals surface area contributed by atoms with E-state index in [0.29, 0.717) is 0 Å². The number of nitrogens with zero attached hydrogens (tertiary/aromatic N) is 1. The van der Waals surface area contributed by atoms with Gasteiger partial charge in [0.2, 0.25) is 0 Å². The Kier molecular flexibility index (Phi) is 7.46. The highest BCUT2D eigenvalue weighted by Crippen LogP contribution is 2.34. The van der Waals surface area contributed by atoms with E-state index in [2.05, 4.69) is 40.3 Å². The van der Waals surface area contributed by atoms with Crippen LogP contribution in [0.2, 0.25) is 0 Å². The number of hydrogen-bond donors (Lipinski definition) is 1. The zero-order valence-corrected chi connectivity index (χ0v) is 16.0. The van der Waals surface area contributed by atoms with Gasteiger partial charge in [-0.3, -0.25) is 0 Å². The van der Waals surface area contributed by atoms with Gasteiger partial charge in [0.25, 0.3) is 0 Å². The lowest BCUT2D eigenvalue weighted by Crippen LogP contribution is -2.26. The van der Waals surface area contributed by atoms with Crippen molar-refractivity contribution in [3.8, 4) is 0 Å². The van der Waals surface area contributed by atoms with Crippen LogP contribution in [0.25, 0.3) is 10.9 Å². The molecule has 1 aromatic carbocycles. The average Bonchev–Trinajstić information content (AvgIpc) is 2.96. The minimum atomic E-state index is 0. The smallest absolute Gasteiger partial charge is 0.0483 e. The number of nitrogens with one attached hydrogen (secondary N) is 1. The fourth-order valence-corrected chi connectivity index (χ4v) is 4.53. The molecular formula is C20H30Cl2N2. The third-order valence-electron chi connectivity index (χ3n) is 5.78. The van der Waals surface area contributed by atoms with Gasteiger partial charge in [-0.15, -0.1) is 24.8 Å². The van der Waals surface area contributed by atoms with Gasteiger partial charge in [0, 0.05) is 23.6 Å². The van der Waals surface area contributed by atoms with Gasteiger partial charge in [-0.2, -0.15) is 0 Å². The van der Waals surface area contributed by atoms with Crippen molar-refractivity contribution in [3.05, 3.63) is 36.0 Å². The summed E-state index contributed by atoms with van der Waals surface area (Å²) in [5.74, 6) is 1.64. The van der Waals surface area contributed by atoms with Crippen molar-refractivity contribution in [3.63, 3.8) is 0 Å². The van der Waals surface area contributed by atoms with Crippen LogP contribution >= 0.6 is 24.8 Å². The second kappa shape index (κ2) is 9.12. The Bertz CT molecular complexity index is 626. The molecule has 1 saturated heterocycles. The summed E-state index contributed by atoms with van der Waals surface area (Å²) < 4.78 is 2.57. The van der Waals surface area contributed by atoms with Crippen molar-refractivity contribution >= 4 is 35.7 Å². The quantitative estimate of drug-likeness (QED) is 0.752. The van der Waals surface area contributed by atoms with Crippen LogP contribution in [0.3, 0.4) is 0 Å². The molecule has 2 aromatic rings. The van der Waals surface area contributed by atoms with E-state index in [1.54, 1.807) is 5.56 Å². The summed E-state index contributed by atoms with van der Waals surface area (Å²) in [5.41, 5.74) is 3.06. The SMILES string of the molecule is Cl.Cl.c1ccc2c(c1)c(C1CCNCC1)cn2CC1CCCCC1. The third-order valence-corrected chi connectivity index (χ3v) is 5.78. The summed E-state index contributed by atoms with van der Waals surface area (Å²) in [6.45, 7) is 3.57. The molecule has 2 heterocycles. The number of benzene rings is 1. The molecule has 0 amide bonds. The summed E-state index contributed by atoms with van der Waals surface area (Å²) in [5, 5.41) is 5.00.